The summed E-state index contributed by atoms with van der Waals surface area (Å²) in [5.41, 5.74) is 1.54. The Labute approximate surface area is 207 Å². The van der Waals surface area contributed by atoms with Gasteiger partial charge in [-0.1, -0.05) is 36.2 Å². The summed E-state index contributed by atoms with van der Waals surface area (Å²) < 4.78 is 33.5. The second-order valence-electron chi connectivity index (χ2n) is 5.49. The number of rotatable bonds is 2. The average molecular weight is 601 g/mol. The van der Waals surface area contributed by atoms with Gasteiger partial charge in [-0.15, -0.1) is 6.07 Å². The van der Waals surface area contributed by atoms with E-state index in [1.807, 2.05) is 60.7 Å². The quantitative estimate of drug-likeness (QED) is 0.129. The minimum Gasteiger partial charge on any atom is -0.811 e. The smallest absolute Gasteiger partial charge is 0.811 e. The second-order valence-corrected chi connectivity index (χ2v) is 5.49. The van der Waals surface area contributed by atoms with Crippen LogP contribution in [0.15, 0.2) is 127 Å². The van der Waals surface area contributed by atoms with E-state index < -0.39 is 0 Å². The number of aromatic nitrogens is 2. The fourth-order valence-corrected chi connectivity index (χ4v) is 2.17. The predicted octanol–water partition coefficient (Wildman–Crippen LogP) is 6.72. The van der Waals surface area contributed by atoms with E-state index in [1.54, 1.807) is 18.3 Å². The summed E-state index contributed by atoms with van der Waals surface area (Å²) in [4.78, 5) is 7.55. The maximum absolute atomic E-state index is 7.94. The summed E-state index contributed by atoms with van der Waals surface area (Å²) in [6.45, 7) is 3.38. The van der Waals surface area contributed by atoms with E-state index in [0.29, 0.717) is 5.71 Å². The maximum Gasteiger partial charge on any atom is 3.00 e. The second kappa shape index (κ2) is 17.1. The van der Waals surface area contributed by atoms with Gasteiger partial charge in [-0.25, -0.2) is 4.98 Å². The summed E-state index contributed by atoms with van der Waals surface area (Å²) in [6, 6.07) is 24.5. The Morgan fingerprint density at radius 3 is 2.41 bits per heavy atom. The van der Waals surface area contributed by atoms with Crippen molar-refractivity contribution in [2.75, 3.05) is 0 Å². The summed E-state index contributed by atoms with van der Waals surface area (Å²) in [6.07, 6.45) is 8.26. The molecular formula is C27H22IrN3O. The number of fused-ring (bicyclic) bond motifs is 3. The van der Waals surface area contributed by atoms with Crippen LogP contribution in [0.4, 0.5) is 0 Å². The Bertz CT molecular complexity index is 1280. The zero-order valence-corrected chi connectivity index (χ0v) is 19.4. The summed E-state index contributed by atoms with van der Waals surface area (Å²) in [5.74, 6) is 0. The predicted molar refractivity (Wildman–Crippen MR) is 129 cm³/mol. The molecule has 0 aliphatic heterocycles. The van der Waals surface area contributed by atoms with Gasteiger partial charge in [0.15, 0.2) is 0 Å². The molecular weight excluding hydrogens is 575 g/mol. The molecule has 0 bridgehead atoms. The molecule has 5 aromatic rings. The Morgan fingerprint density at radius 2 is 1.78 bits per heavy atom. The van der Waals surface area contributed by atoms with Crippen LogP contribution >= 0.6 is 0 Å². The molecule has 0 saturated carbocycles. The molecule has 3 heterocycles. The third-order valence-corrected chi connectivity index (χ3v) is 3.42. The average Bonchev–Trinajstić information content (AvgIpc) is 3.29. The van der Waals surface area contributed by atoms with Gasteiger partial charge in [-0.2, -0.15) is 60.8 Å². The first-order valence-electron chi connectivity index (χ1n) is 11.2. The third-order valence-electron chi connectivity index (χ3n) is 3.42. The standard InChI is InChI=1S/C11H6NO.C6H5.C5H5N.C5H6N.Ir/c1-2-6-10-8(4-1)9-5-3-7-12-11(9)13-10;2*1-2-4-6-5-3-1;1-2-3-4-5-6;/h1,3-7H;2*1-5H;2-5H,1H2;/q2*-1;;-1;+3/b;;;4-3-;/i;;1D,2D,3D,4D;;. The molecule has 0 radical (unpaired) electrons. The minimum atomic E-state index is -0.285. The molecule has 0 unspecified atom stereocenters. The topological polar surface area (TPSA) is 61.2 Å². The van der Waals surface area contributed by atoms with Gasteiger partial charge < -0.3 is 9.83 Å². The number of allylic oxidation sites excluding steroid dienone is 3. The van der Waals surface area contributed by atoms with E-state index in [9.17, 15) is 0 Å². The van der Waals surface area contributed by atoms with Gasteiger partial charge in [0.25, 0.3) is 0 Å². The van der Waals surface area contributed by atoms with Crippen LogP contribution in [0.25, 0.3) is 27.5 Å². The molecule has 160 valence electrons. The van der Waals surface area contributed by atoms with E-state index in [2.05, 4.69) is 28.7 Å². The first-order chi connectivity index (χ1) is 17.0. The van der Waals surface area contributed by atoms with Crippen LogP contribution < -0.4 is 0 Å². The van der Waals surface area contributed by atoms with Gasteiger partial charge in [0.05, 0.1) is 5.48 Å². The maximum atomic E-state index is 7.94. The largest absolute Gasteiger partial charge is 3.00 e. The molecule has 3 aromatic heterocycles. The van der Waals surface area contributed by atoms with Crippen molar-refractivity contribution in [3.05, 3.63) is 140 Å². The minimum absolute atomic E-state index is 0. The van der Waals surface area contributed by atoms with Gasteiger partial charge in [0.1, 0.15) is 0 Å². The van der Waals surface area contributed by atoms with Gasteiger partial charge in [-0.05, 0) is 24.2 Å². The molecule has 0 aliphatic rings. The van der Waals surface area contributed by atoms with Crippen molar-refractivity contribution in [3.8, 4) is 0 Å². The molecule has 2 aromatic carbocycles. The van der Waals surface area contributed by atoms with Crippen LogP contribution in [0.2, 0.25) is 0 Å². The van der Waals surface area contributed by atoms with Gasteiger partial charge >= 0.3 is 20.1 Å². The molecule has 0 amide bonds. The Morgan fingerprint density at radius 1 is 0.938 bits per heavy atom. The molecule has 5 heteroatoms. The van der Waals surface area contributed by atoms with Crippen LogP contribution in [-0.4, -0.2) is 16.2 Å². The van der Waals surface area contributed by atoms with E-state index in [0.717, 1.165) is 28.8 Å². The number of pyridine rings is 2. The van der Waals surface area contributed by atoms with Gasteiger partial charge in [0.2, 0.25) is 5.71 Å². The molecule has 0 aliphatic carbocycles. The molecule has 0 N–H and O–H groups in total. The summed E-state index contributed by atoms with van der Waals surface area (Å²) in [7, 11) is 0. The van der Waals surface area contributed by atoms with Crippen LogP contribution in [0.5, 0.6) is 0 Å². The van der Waals surface area contributed by atoms with Gasteiger partial charge in [-0.3, -0.25) is 4.98 Å². The monoisotopic (exact) mass is 601 g/mol. The van der Waals surface area contributed by atoms with Crippen molar-refractivity contribution in [3.63, 3.8) is 0 Å². The first-order valence-corrected chi connectivity index (χ1v) is 9.18. The van der Waals surface area contributed by atoms with Crippen LogP contribution in [-0.2, 0) is 20.1 Å². The van der Waals surface area contributed by atoms with Gasteiger partial charge in [0, 0.05) is 29.5 Å². The third kappa shape index (κ3) is 9.90. The number of furan rings is 1. The van der Waals surface area contributed by atoms with Crippen molar-refractivity contribution in [2.45, 2.75) is 0 Å². The molecule has 32 heavy (non-hydrogen) atoms. The Hall–Kier alpha value is -3.66. The summed E-state index contributed by atoms with van der Waals surface area (Å²) in [5, 5.41) is 10.1. The molecule has 0 spiro atoms. The first kappa shape index (κ1) is 20.3. The molecule has 0 fully saturated rings. The van der Waals surface area contributed by atoms with E-state index in [4.69, 9.17) is 15.3 Å². The summed E-state index contributed by atoms with van der Waals surface area (Å²) >= 11 is 0. The number of hydrogen-bond donors (Lipinski definition) is 0. The van der Waals surface area contributed by atoms with Crippen LogP contribution in [0.3, 0.4) is 0 Å². The SMILES string of the molecule is C=C/C=C\C=[N-].[2H]c1cnc([2H])c([2H])c1[2H].[Ir+3].[c-]1ccc2c(c1)oc1ncccc12.[c-]1ccccc1. The zero-order valence-electron chi connectivity index (χ0n) is 21.0. The van der Waals surface area contributed by atoms with Crippen LogP contribution in [0, 0.1) is 12.1 Å². The molecule has 5 rings (SSSR count). The molecule has 0 saturated heterocycles. The number of benzene rings is 2. The van der Waals surface area contributed by atoms with E-state index in [-0.39, 0.29) is 44.4 Å². The zero-order chi connectivity index (χ0) is 25.5. The van der Waals surface area contributed by atoms with Crippen molar-refractivity contribution >= 4 is 28.3 Å². The number of nitrogens with zero attached hydrogens (tertiary/aromatic N) is 3. The normalized spacial score (nSPS) is 10.9. The fourth-order valence-electron chi connectivity index (χ4n) is 2.17. The van der Waals surface area contributed by atoms with E-state index in [1.165, 1.54) is 6.08 Å². The van der Waals surface area contributed by atoms with Crippen molar-refractivity contribution in [1.29, 1.82) is 0 Å². The van der Waals surface area contributed by atoms with Crippen molar-refractivity contribution in [1.82, 2.24) is 9.97 Å². The van der Waals surface area contributed by atoms with Crippen molar-refractivity contribution in [2.24, 2.45) is 0 Å². The Kier molecular flexibility index (Phi) is 10.8. The van der Waals surface area contributed by atoms with E-state index >= 15 is 0 Å². The number of hydrogen-bond acceptors (Lipinski definition) is 3. The molecule has 4 nitrogen and oxygen atoms in total. The molecule has 0 atom stereocenters. The fraction of sp³-hybridized carbons (Fsp3) is 0. The van der Waals surface area contributed by atoms with Crippen LogP contribution in [0.1, 0.15) is 5.48 Å². The van der Waals surface area contributed by atoms with Crippen molar-refractivity contribution < 1.29 is 30.0 Å². The Balaban J connectivity index is 0.000000253.